The number of rotatable bonds is 5. The van der Waals surface area contributed by atoms with Crippen molar-refractivity contribution >= 4 is 21.4 Å². The summed E-state index contributed by atoms with van der Waals surface area (Å²) in [5.74, 6) is 0.619. The van der Waals surface area contributed by atoms with Gasteiger partial charge in [-0.15, -0.1) is 11.3 Å². The number of sulfonamides is 1. The van der Waals surface area contributed by atoms with Gasteiger partial charge in [0.15, 0.2) is 0 Å². The molecule has 0 radical (unpaired) electrons. The summed E-state index contributed by atoms with van der Waals surface area (Å²) in [4.78, 5) is 0.831. The van der Waals surface area contributed by atoms with Crippen LogP contribution in [0.1, 0.15) is 21.9 Å². The van der Waals surface area contributed by atoms with Crippen LogP contribution in [0.15, 0.2) is 20.9 Å². The maximum atomic E-state index is 12.1. The van der Waals surface area contributed by atoms with E-state index in [-0.39, 0.29) is 10.8 Å². The van der Waals surface area contributed by atoms with E-state index in [0.29, 0.717) is 18.0 Å². The molecule has 3 N–H and O–H groups in total. The molecule has 6 nitrogen and oxygen atoms in total. The van der Waals surface area contributed by atoms with E-state index in [2.05, 4.69) is 9.88 Å². The molecule has 0 saturated heterocycles. The van der Waals surface area contributed by atoms with Crippen molar-refractivity contribution in [3.8, 4) is 0 Å². The van der Waals surface area contributed by atoms with Crippen LogP contribution in [-0.4, -0.2) is 13.6 Å². The minimum absolute atomic E-state index is 0.166. The lowest BCUT2D eigenvalue weighted by molar-refractivity contribution is 0.392. The second kappa shape index (κ2) is 5.41. The summed E-state index contributed by atoms with van der Waals surface area (Å²) in [6.07, 6.45) is 0. The Bertz CT molecular complexity index is 654. The molecule has 0 bridgehead atoms. The minimum atomic E-state index is -3.52. The van der Waals surface area contributed by atoms with Gasteiger partial charge in [-0.3, -0.25) is 0 Å². The third-order valence-electron chi connectivity index (χ3n) is 2.72. The van der Waals surface area contributed by atoms with Crippen LogP contribution in [0.2, 0.25) is 0 Å². The zero-order chi connectivity index (χ0) is 14.0. The van der Waals surface area contributed by atoms with Gasteiger partial charge in [0.25, 0.3) is 0 Å². The molecule has 0 amide bonds. The average Bonchev–Trinajstić information content (AvgIpc) is 2.96. The van der Waals surface area contributed by atoms with E-state index in [1.54, 1.807) is 26.0 Å². The van der Waals surface area contributed by atoms with Gasteiger partial charge in [0.1, 0.15) is 9.97 Å². The number of nitrogens with one attached hydrogen (secondary N) is 1. The highest BCUT2D eigenvalue weighted by atomic mass is 32.2. The Labute approximate surface area is 115 Å². The number of hydrogen-bond acceptors (Lipinski definition) is 6. The fourth-order valence-electron chi connectivity index (χ4n) is 1.60. The summed E-state index contributed by atoms with van der Waals surface area (Å²) in [6, 6.07) is 3.28. The molecule has 2 rings (SSSR count). The summed E-state index contributed by atoms with van der Waals surface area (Å²) in [6.45, 7) is 4.03. The van der Waals surface area contributed by atoms with Crippen LogP contribution < -0.4 is 10.5 Å². The molecule has 0 unspecified atom stereocenters. The van der Waals surface area contributed by atoms with E-state index >= 15 is 0 Å². The highest BCUT2D eigenvalue weighted by Gasteiger charge is 2.18. The Hall–Kier alpha value is -1.22. The van der Waals surface area contributed by atoms with Gasteiger partial charge >= 0.3 is 0 Å². The summed E-state index contributed by atoms with van der Waals surface area (Å²) in [5.41, 5.74) is 6.92. The molecule has 8 heteroatoms. The predicted molar refractivity (Wildman–Crippen MR) is 72.2 cm³/mol. The number of hydrogen-bond donors (Lipinski definition) is 2. The standard InChI is InChI=1S/C11H15N3O3S2/c1-7-10(8(2)17-14-7)6-13-19(15,16)11-4-3-9(5-12)18-11/h3-4,13H,5-6,12H2,1-2H3. The van der Waals surface area contributed by atoms with Crippen LogP contribution in [0.3, 0.4) is 0 Å². The number of aromatic nitrogens is 1. The summed E-state index contributed by atoms with van der Waals surface area (Å²) in [7, 11) is -3.52. The highest BCUT2D eigenvalue weighted by molar-refractivity contribution is 7.91. The molecule has 2 aromatic heterocycles. The van der Waals surface area contributed by atoms with Gasteiger partial charge in [0.05, 0.1) is 5.69 Å². The number of nitrogens with zero attached hydrogens (tertiary/aromatic N) is 1. The quantitative estimate of drug-likeness (QED) is 0.867. The van der Waals surface area contributed by atoms with Gasteiger partial charge in [-0.05, 0) is 26.0 Å². The molecule has 0 spiro atoms. The largest absolute Gasteiger partial charge is 0.361 e. The molecule has 0 saturated carbocycles. The Morgan fingerprint density at radius 1 is 1.42 bits per heavy atom. The molecule has 0 aliphatic carbocycles. The monoisotopic (exact) mass is 301 g/mol. The first kappa shape index (κ1) is 14.2. The van der Waals surface area contributed by atoms with E-state index < -0.39 is 10.0 Å². The van der Waals surface area contributed by atoms with Crippen LogP contribution in [0, 0.1) is 13.8 Å². The van der Waals surface area contributed by atoms with Crippen molar-refractivity contribution in [1.82, 2.24) is 9.88 Å². The second-order valence-electron chi connectivity index (χ2n) is 4.05. The zero-order valence-corrected chi connectivity index (χ0v) is 12.3. The van der Waals surface area contributed by atoms with Gasteiger partial charge in [-0.2, -0.15) is 0 Å². The number of thiophene rings is 1. The Morgan fingerprint density at radius 2 is 2.16 bits per heavy atom. The molecule has 19 heavy (non-hydrogen) atoms. The van der Waals surface area contributed by atoms with Crippen molar-refractivity contribution in [2.24, 2.45) is 5.73 Å². The van der Waals surface area contributed by atoms with Crippen LogP contribution in [-0.2, 0) is 23.1 Å². The van der Waals surface area contributed by atoms with Gasteiger partial charge in [0.2, 0.25) is 10.0 Å². The van der Waals surface area contributed by atoms with Crippen LogP contribution in [0.4, 0.5) is 0 Å². The maximum Gasteiger partial charge on any atom is 0.250 e. The highest BCUT2D eigenvalue weighted by Crippen LogP contribution is 2.21. The van der Waals surface area contributed by atoms with Crippen molar-refractivity contribution < 1.29 is 12.9 Å². The average molecular weight is 301 g/mol. The molecule has 0 aliphatic rings. The lowest BCUT2D eigenvalue weighted by Crippen LogP contribution is -2.22. The number of nitrogens with two attached hydrogens (primary N) is 1. The predicted octanol–water partition coefficient (Wildman–Crippen LogP) is 1.29. The Kier molecular flexibility index (Phi) is 4.04. The Morgan fingerprint density at radius 3 is 2.68 bits per heavy atom. The van der Waals surface area contributed by atoms with Gasteiger partial charge in [-0.1, -0.05) is 5.16 Å². The SMILES string of the molecule is Cc1noc(C)c1CNS(=O)(=O)c1ccc(CN)s1. The molecule has 2 heterocycles. The van der Waals surface area contributed by atoms with Crippen LogP contribution >= 0.6 is 11.3 Å². The second-order valence-corrected chi connectivity index (χ2v) is 7.21. The van der Waals surface area contributed by atoms with Gasteiger partial charge < -0.3 is 10.3 Å². The molecular formula is C11H15N3O3S2. The fourth-order valence-corrected chi connectivity index (χ4v) is 3.88. The van der Waals surface area contributed by atoms with E-state index in [1.165, 1.54) is 11.3 Å². The van der Waals surface area contributed by atoms with Crippen molar-refractivity contribution in [3.63, 3.8) is 0 Å². The van der Waals surface area contributed by atoms with E-state index in [9.17, 15) is 8.42 Å². The van der Waals surface area contributed by atoms with Gasteiger partial charge in [0, 0.05) is 23.5 Å². The lowest BCUT2D eigenvalue weighted by Gasteiger charge is -2.04. The van der Waals surface area contributed by atoms with Crippen molar-refractivity contribution in [3.05, 3.63) is 34.0 Å². The fraction of sp³-hybridized carbons (Fsp3) is 0.364. The smallest absolute Gasteiger partial charge is 0.250 e. The normalized spacial score (nSPS) is 11.9. The van der Waals surface area contributed by atoms with Crippen LogP contribution in [0.25, 0.3) is 0 Å². The van der Waals surface area contributed by atoms with Gasteiger partial charge in [-0.25, -0.2) is 13.1 Å². The van der Waals surface area contributed by atoms with E-state index in [0.717, 1.165) is 10.4 Å². The van der Waals surface area contributed by atoms with E-state index in [1.807, 2.05) is 0 Å². The lowest BCUT2D eigenvalue weighted by atomic mass is 10.2. The zero-order valence-electron chi connectivity index (χ0n) is 10.6. The molecule has 0 atom stereocenters. The topological polar surface area (TPSA) is 98.2 Å². The molecule has 104 valence electrons. The number of aryl methyl sites for hydroxylation is 2. The third kappa shape index (κ3) is 3.03. The molecule has 0 aromatic carbocycles. The first-order valence-electron chi connectivity index (χ1n) is 5.64. The summed E-state index contributed by atoms with van der Waals surface area (Å²) in [5, 5.41) is 3.78. The van der Waals surface area contributed by atoms with Crippen LogP contribution in [0.5, 0.6) is 0 Å². The Balaban J connectivity index is 2.14. The van der Waals surface area contributed by atoms with Crippen molar-refractivity contribution in [2.75, 3.05) is 0 Å². The maximum absolute atomic E-state index is 12.1. The molecular weight excluding hydrogens is 286 g/mol. The molecule has 0 aliphatic heterocycles. The summed E-state index contributed by atoms with van der Waals surface area (Å²) >= 11 is 1.17. The summed E-state index contributed by atoms with van der Waals surface area (Å²) < 4.78 is 32.0. The molecule has 0 fully saturated rings. The van der Waals surface area contributed by atoms with E-state index in [4.69, 9.17) is 10.3 Å². The molecule has 2 aromatic rings. The first-order chi connectivity index (χ1) is 8.94. The minimum Gasteiger partial charge on any atom is -0.361 e. The third-order valence-corrected chi connectivity index (χ3v) is 5.72. The van der Waals surface area contributed by atoms with Crippen molar-refractivity contribution in [1.29, 1.82) is 0 Å². The van der Waals surface area contributed by atoms with Crippen molar-refractivity contribution in [2.45, 2.75) is 31.1 Å². The first-order valence-corrected chi connectivity index (χ1v) is 7.94.